The minimum absolute atomic E-state index is 0.272. The van der Waals surface area contributed by atoms with E-state index in [1.807, 2.05) is 0 Å². The number of carbonyl (C=O) groups is 2. The van der Waals surface area contributed by atoms with Crippen LogP contribution in [0.4, 0.5) is 17.3 Å². The Morgan fingerprint density at radius 3 is 1.77 bits per heavy atom. The van der Waals surface area contributed by atoms with Gasteiger partial charge in [0.15, 0.2) is 0 Å². The number of rotatable bonds is 7. The van der Waals surface area contributed by atoms with E-state index in [0.717, 1.165) is 10.8 Å². The molecule has 13 heteroatoms. The third-order valence-corrected chi connectivity index (χ3v) is 4.59. The second-order valence-electron chi connectivity index (χ2n) is 5.85. The normalized spacial score (nSPS) is 10.1. The molecule has 0 atom stereocenters. The smallest absolute Gasteiger partial charge is 0.276 e. The Balaban J connectivity index is 1.72. The Hall–Kier alpha value is -3.77. The number of carbonyl (C=O) groups excluding carboxylic acids is 2. The van der Waals surface area contributed by atoms with Gasteiger partial charge in [-0.2, -0.15) is 0 Å². The third kappa shape index (κ3) is 5.65. The fourth-order valence-electron chi connectivity index (χ4n) is 2.31. The maximum absolute atomic E-state index is 12.2. The van der Waals surface area contributed by atoms with Crippen molar-refractivity contribution < 1.29 is 14.5 Å². The van der Waals surface area contributed by atoms with Gasteiger partial charge in [0.2, 0.25) is 11.6 Å². The summed E-state index contributed by atoms with van der Waals surface area (Å²) in [6.07, 6.45) is 1.03. The molecule has 31 heavy (non-hydrogen) atoms. The molecule has 0 bridgehead atoms. The van der Waals surface area contributed by atoms with Gasteiger partial charge in [-0.3, -0.25) is 41.4 Å². The van der Waals surface area contributed by atoms with Crippen LogP contribution in [0, 0.1) is 10.1 Å². The van der Waals surface area contributed by atoms with Crippen molar-refractivity contribution in [1.29, 1.82) is 0 Å². The topological polar surface area (TPSA) is 151 Å². The van der Waals surface area contributed by atoms with Crippen LogP contribution in [0.3, 0.4) is 0 Å². The Bertz CT molecular complexity index is 1050. The maximum atomic E-state index is 12.2. The Morgan fingerprint density at radius 1 is 0.871 bits per heavy atom. The second kappa shape index (κ2) is 9.82. The van der Waals surface area contributed by atoms with Gasteiger partial charge in [-0.05, 0) is 48.5 Å². The molecular formula is C18H13BrClN7O4. The van der Waals surface area contributed by atoms with Crippen LogP contribution >= 0.6 is 27.5 Å². The van der Waals surface area contributed by atoms with Crippen molar-refractivity contribution in [3.05, 3.63) is 85.6 Å². The van der Waals surface area contributed by atoms with Crippen LogP contribution in [-0.4, -0.2) is 26.7 Å². The van der Waals surface area contributed by atoms with Gasteiger partial charge < -0.3 is 0 Å². The van der Waals surface area contributed by atoms with E-state index >= 15 is 0 Å². The molecule has 0 saturated heterocycles. The number of nitrogens with zero attached hydrogens (tertiary/aromatic N) is 3. The molecule has 0 aliphatic carbocycles. The Morgan fingerprint density at radius 2 is 1.32 bits per heavy atom. The minimum atomic E-state index is -0.759. The summed E-state index contributed by atoms with van der Waals surface area (Å²) in [6.45, 7) is 0. The molecule has 0 saturated carbocycles. The lowest BCUT2D eigenvalue weighted by Gasteiger charge is -2.11. The highest BCUT2D eigenvalue weighted by Gasteiger charge is 2.24. The number of amides is 2. The molecule has 0 aliphatic heterocycles. The summed E-state index contributed by atoms with van der Waals surface area (Å²) in [5.41, 5.74) is 9.43. The van der Waals surface area contributed by atoms with Crippen molar-refractivity contribution in [3.8, 4) is 0 Å². The lowest BCUT2D eigenvalue weighted by Crippen LogP contribution is -2.32. The lowest BCUT2D eigenvalue weighted by atomic mass is 10.2. The number of nitrogens with one attached hydrogen (secondary N) is 4. The zero-order chi connectivity index (χ0) is 22.4. The first-order valence-corrected chi connectivity index (χ1v) is 9.65. The van der Waals surface area contributed by atoms with E-state index in [1.165, 1.54) is 24.3 Å². The molecule has 2 aromatic carbocycles. The van der Waals surface area contributed by atoms with Gasteiger partial charge in [-0.25, -0.2) is 9.97 Å². The lowest BCUT2D eigenvalue weighted by molar-refractivity contribution is -0.383. The first-order chi connectivity index (χ1) is 14.8. The van der Waals surface area contributed by atoms with Crippen molar-refractivity contribution >= 4 is 56.7 Å². The van der Waals surface area contributed by atoms with E-state index in [1.54, 1.807) is 24.3 Å². The molecule has 0 spiro atoms. The van der Waals surface area contributed by atoms with Gasteiger partial charge in [-0.15, -0.1) is 0 Å². The van der Waals surface area contributed by atoms with Gasteiger partial charge in [0.25, 0.3) is 11.8 Å². The Labute approximate surface area is 188 Å². The fraction of sp³-hybridized carbons (Fsp3) is 0. The predicted octanol–water partition coefficient (Wildman–Crippen LogP) is 3.31. The van der Waals surface area contributed by atoms with Crippen molar-refractivity contribution in [2.75, 3.05) is 10.9 Å². The number of anilines is 2. The van der Waals surface area contributed by atoms with Gasteiger partial charge in [0.1, 0.15) is 6.33 Å². The van der Waals surface area contributed by atoms with Crippen LogP contribution in [-0.2, 0) is 0 Å². The van der Waals surface area contributed by atoms with E-state index < -0.39 is 22.4 Å². The third-order valence-electron chi connectivity index (χ3n) is 3.81. The summed E-state index contributed by atoms with van der Waals surface area (Å²) in [6, 6.07) is 12.5. The van der Waals surface area contributed by atoms with E-state index in [2.05, 4.69) is 47.6 Å². The van der Waals surface area contributed by atoms with E-state index in [0.29, 0.717) is 10.6 Å². The van der Waals surface area contributed by atoms with Gasteiger partial charge in [0.05, 0.1) is 4.92 Å². The number of hydrogen-bond acceptors (Lipinski definition) is 8. The molecule has 0 fully saturated rings. The highest BCUT2D eigenvalue weighted by atomic mass is 79.9. The SMILES string of the molecule is O=C(NNc1ncnc(NNC(=O)c2ccc(Br)cc2)c1[N+](=O)[O-])c1ccc(Cl)cc1. The quantitative estimate of drug-likeness (QED) is 0.281. The van der Waals surface area contributed by atoms with Crippen molar-refractivity contribution in [1.82, 2.24) is 20.8 Å². The molecule has 3 rings (SSSR count). The molecule has 1 aromatic heterocycles. The average Bonchev–Trinajstić information content (AvgIpc) is 2.76. The average molecular weight is 507 g/mol. The standard InChI is InChI=1S/C18H13BrClN7O4/c19-12-5-1-10(2-6-12)17(28)25-23-15-14(27(30)31)16(22-9-21-15)24-26-18(29)11-3-7-13(20)8-4-11/h1-9H,(H,25,28)(H,26,29)(H2,21,22,23,24). The molecular weight excluding hydrogens is 494 g/mol. The highest BCUT2D eigenvalue weighted by Crippen LogP contribution is 2.27. The summed E-state index contributed by atoms with van der Waals surface area (Å²) in [5, 5.41) is 12.0. The highest BCUT2D eigenvalue weighted by molar-refractivity contribution is 9.10. The molecule has 0 aliphatic rings. The van der Waals surface area contributed by atoms with Crippen LogP contribution in [0.25, 0.3) is 0 Å². The van der Waals surface area contributed by atoms with Gasteiger partial charge in [0, 0.05) is 20.6 Å². The molecule has 11 nitrogen and oxygen atoms in total. The first kappa shape index (κ1) is 21.9. The fourth-order valence-corrected chi connectivity index (χ4v) is 2.70. The summed E-state index contributed by atoms with van der Waals surface area (Å²) < 4.78 is 0.791. The summed E-state index contributed by atoms with van der Waals surface area (Å²) in [7, 11) is 0. The molecule has 4 N–H and O–H groups in total. The zero-order valence-electron chi connectivity index (χ0n) is 15.4. The summed E-state index contributed by atoms with van der Waals surface area (Å²) >= 11 is 9.05. The molecule has 0 unspecified atom stereocenters. The van der Waals surface area contributed by atoms with Crippen LogP contribution in [0.2, 0.25) is 5.02 Å². The number of hydrogen-bond donors (Lipinski definition) is 4. The molecule has 1 heterocycles. The van der Waals surface area contributed by atoms with Crippen LogP contribution in [0.15, 0.2) is 59.3 Å². The predicted molar refractivity (Wildman–Crippen MR) is 116 cm³/mol. The van der Waals surface area contributed by atoms with Crippen LogP contribution in [0.1, 0.15) is 20.7 Å². The van der Waals surface area contributed by atoms with Gasteiger partial charge in [-0.1, -0.05) is 27.5 Å². The van der Waals surface area contributed by atoms with E-state index in [-0.39, 0.29) is 17.2 Å². The largest absolute Gasteiger partial charge is 0.356 e. The number of hydrazine groups is 2. The van der Waals surface area contributed by atoms with Crippen molar-refractivity contribution in [2.24, 2.45) is 0 Å². The summed E-state index contributed by atoms with van der Waals surface area (Å²) in [5.74, 6) is -1.68. The summed E-state index contributed by atoms with van der Waals surface area (Å²) in [4.78, 5) is 42.7. The van der Waals surface area contributed by atoms with Crippen molar-refractivity contribution in [3.63, 3.8) is 0 Å². The Kier molecular flexibility index (Phi) is 6.95. The number of benzene rings is 2. The second-order valence-corrected chi connectivity index (χ2v) is 7.20. The van der Waals surface area contributed by atoms with E-state index in [9.17, 15) is 19.7 Å². The zero-order valence-corrected chi connectivity index (χ0v) is 17.8. The molecule has 2 amide bonds. The maximum Gasteiger partial charge on any atom is 0.356 e. The van der Waals surface area contributed by atoms with Gasteiger partial charge >= 0.3 is 5.69 Å². The number of nitro groups is 1. The molecule has 3 aromatic rings. The molecule has 158 valence electrons. The number of aromatic nitrogens is 2. The van der Waals surface area contributed by atoms with Crippen LogP contribution < -0.4 is 21.7 Å². The van der Waals surface area contributed by atoms with Crippen molar-refractivity contribution in [2.45, 2.75) is 0 Å². The monoisotopic (exact) mass is 505 g/mol. The number of halogens is 2. The molecule has 0 radical (unpaired) electrons. The van der Waals surface area contributed by atoms with E-state index in [4.69, 9.17) is 11.6 Å². The van der Waals surface area contributed by atoms with Crippen LogP contribution in [0.5, 0.6) is 0 Å². The first-order valence-electron chi connectivity index (χ1n) is 8.48. The minimum Gasteiger partial charge on any atom is -0.276 e.